The van der Waals surface area contributed by atoms with Crippen molar-refractivity contribution in [2.24, 2.45) is 5.73 Å². The maximum atomic E-state index is 13.4. The predicted molar refractivity (Wildman–Crippen MR) is 64.0 cm³/mol. The molecule has 1 aromatic heterocycles. The number of nitrogens with one attached hydrogen (secondary N) is 1. The number of carbonyl (C=O) groups excluding carboxylic acids is 1. The minimum absolute atomic E-state index is 0.0695. The Labute approximate surface area is 103 Å². The Bertz CT molecular complexity index is 633. The monoisotopic (exact) mass is 303 g/mol. The SMILES string of the molecule is NC(=O)Cn1c(=S)[nH]c2cc(Br)c(F)cc21. The highest BCUT2D eigenvalue weighted by Gasteiger charge is 2.10. The lowest BCUT2D eigenvalue weighted by Gasteiger charge is -2.01. The number of nitrogens with two attached hydrogens (primary N) is 1. The molecule has 0 radical (unpaired) electrons. The number of benzene rings is 1. The smallest absolute Gasteiger partial charge is 0.237 e. The summed E-state index contributed by atoms with van der Waals surface area (Å²) in [5, 5.41) is 0. The van der Waals surface area contributed by atoms with Crippen molar-refractivity contribution in [3.8, 4) is 0 Å². The zero-order chi connectivity index (χ0) is 11.9. The Morgan fingerprint density at radius 2 is 2.31 bits per heavy atom. The molecule has 0 unspecified atom stereocenters. The van der Waals surface area contributed by atoms with Crippen molar-refractivity contribution in [3.63, 3.8) is 0 Å². The van der Waals surface area contributed by atoms with Gasteiger partial charge in [-0.15, -0.1) is 0 Å². The zero-order valence-corrected chi connectivity index (χ0v) is 10.4. The van der Waals surface area contributed by atoms with E-state index < -0.39 is 11.7 Å². The average Bonchev–Trinajstić information content (AvgIpc) is 2.45. The number of aromatic nitrogens is 2. The van der Waals surface area contributed by atoms with Crippen LogP contribution in [-0.4, -0.2) is 15.5 Å². The van der Waals surface area contributed by atoms with Crippen LogP contribution in [0.25, 0.3) is 11.0 Å². The van der Waals surface area contributed by atoms with Gasteiger partial charge in [-0.25, -0.2) is 4.39 Å². The molecule has 3 N–H and O–H groups in total. The molecule has 0 atom stereocenters. The van der Waals surface area contributed by atoms with E-state index in [2.05, 4.69) is 20.9 Å². The van der Waals surface area contributed by atoms with Crippen molar-refractivity contribution in [1.82, 2.24) is 9.55 Å². The van der Waals surface area contributed by atoms with Gasteiger partial charge < -0.3 is 15.3 Å². The second-order valence-corrected chi connectivity index (χ2v) is 4.51. The van der Waals surface area contributed by atoms with Gasteiger partial charge in [0.25, 0.3) is 0 Å². The molecule has 4 nitrogen and oxygen atoms in total. The maximum Gasteiger partial charge on any atom is 0.237 e. The first kappa shape index (κ1) is 11.3. The van der Waals surface area contributed by atoms with E-state index in [4.69, 9.17) is 18.0 Å². The summed E-state index contributed by atoms with van der Waals surface area (Å²) in [5.41, 5.74) is 6.26. The van der Waals surface area contributed by atoms with Crippen molar-refractivity contribution in [3.05, 3.63) is 27.2 Å². The lowest BCUT2D eigenvalue weighted by Crippen LogP contribution is -2.18. The van der Waals surface area contributed by atoms with E-state index in [-0.39, 0.29) is 6.54 Å². The number of amides is 1. The number of nitrogens with zero attached hydrogens (tertiary/aromatic N) is 1. The van der Waals surface area contributed by atoms with Gasteiger partial charge in [-0.05, 0) is 34.2 Å². The first-order valence-corrected chi connectivity index (χ1v) is 5.55. The van der Waals surface area contributed by atoms with E-state index in [1.54, 1.807) is 6.07 Å². The van der Waals surface area contributed by atoms with E-state index in [9.17, 15) is 9.18 Å². The molecule has 1 aromatic carbocycles. The van der Waals surface area contributed by atoms with Gasteiger partial charge in [0.2, 0.25) is 5.91 Å². The number of halogens is 2. The number of aromatic amines is 1. The van der Waals surface area contributed by atoms with E-state index in [0.29, 0.717) is 20.3 Å². The third-order valence-corrected chi connectivity index (χ3v) is 3.06. The van der Waals surface area contributed by atoms with E-state index in [0.717, 1.165) is 0 Å². The Morgan fingerprint density at radius 1 is 1.62 bits per heavy atom. The highest BCUT2D eigenvalue weighted by molar-refractivity contribution is 9.10. The molecule has 0 bridgehead atoms. The highest BCUT2D eigenvalue weighted by Crippen LogP contribution is 2.23. The molecule has 0 saturated carbocycles. The van der Waals surface area contributed by atoms with Gasteiger partial charge in [-0.2, -0.15) is 0 Å². The molecule has 7 heteroatoms. The predicted octanol–water partition coefficient (Wildman–Crippen LogP) is 2.09. The topological polar surface area (TPSA) is 63.8 Å². The standard InChI is InChI=1S/C9H7BrFN3OS/c10-4-1-6-7(2-5(4)11)14(3-8(12)15)9(16)13-6/h1-2H,3H2,(H2,12,15)(H,13,16). The molecular weight excluding hydrogens is 297 g/mol. The highest BCUT2D eigenvalue weighted by atomic mass is 79.9. The minimum atomic E-state index is -0.527. The molecule has 0 aliphatic rings. The Balaban J connectivity index is 2.74. The Kier molecular flexibility index (Phi) is 2.81. The van der Waals surface area contributed by atoms with Crippen LogP contribution in [0.3, 0.4) is 0 Å². The molecule has 16 heavy (non-hydrogen) atoms. The van der Waals surface area contributed by atoms with Crippen molar-refractivity contribution in [2.45, 2.75) is 6.54 Å². The number of rotatable bonds is 2. The van der Waals surface area contributed by atoms with Crippen LogP contribution in [-0.2, 0) is 11.3 Å². The first-order chi connectivity index (χ1) is 7.49. The number of primary amides is 1. The van der Waals surface area contributed by atoms with Crippen molar-refractivity contribution in [2.75, 3.05) is 0 Å². The molecule has 0 spiro atoms. The number of H-pyrrole nitrogens is 1. The van der Waals surface area contributed by atoms with Gasteiger partial charge in [0.1, 0.15) is 12.4 Å². The molecule has 1 amide bonds. The molecule has 0 saturated heterocycles. The summed E-state index contributed by atoms with van der Waals surface area (Å²) in [7, 11) is 0. The van der Waals surface area contributed by atoms with E-state index in [1.165, 1.54) is 10.6 Å². The molecule has 1 heterocycles. The summed E-state index contributed by atoms with van der Waals surface area (Å²) in [6.07, 6.45) is 0. The summed E-state index contributed by atoms with van der Waals surface area (Å²) >= 11 is 8.09. The molecule has 0 fully saturated rings. The van der Waals surface area contributed by atoms with Crippen molar-refractivity contribution >= 4 is 45.1 Å². The van der Waals surface area contributed by atoms with Crippen LogP contribution in [0.1, 0.15) is 0 Å². The third kappa shape index (κ3) is 1.88. The largest absolute Gasteiger partial charge is 0.368 e. The van der Waals surface area contributed by atoms with Crippen LogP contribution in [0.2, 0.25) is 0 Å². The van der Waals surface area contributed by atoms with Gasteiger partial charge in [-0.3, -0.25) is 4.79 Å². The number of fused-ring (bicyclic) bond motifs is 1. The Hall–Kier alpha value is -1.21. The van der Waals surface area contributed by atoms with Gasteiger partial charge in [0, 0.05) is 6.07 Å². The molecule has 84 valence electrons. The summed E-state index contributed by atoms with van der Waals surface area (Å²) in [5.74, 6) is -0.944. The second kappa shape index (κ2) is 3.99. The van der Waals surface area contributed by atoms with Gasteiger partial charge >= 0.3 is 0 Å². The van der Waals surface area contributed by atoms with Crippen LogP contribution < -0.4 is 5.73 Å². The minimum Gasteiger partial charge on any atom is -0.368 e. The first-order valence-electron chi connectivity index (χ1n) is 4.35. The lowest BCUT2D eigenvalue weighted by molar-refractivity contribution is -0.118. The number of imidazole rings is 1. The van der Waals surface area contributed by atoms with E-state index >= 15 is 0 Å². The summed E-state index contributed by atoms with van der Waals surface area (Å²) in [6.45, 7) is -0.0695. The summed E-state index contributed by atoms with van der Waals surface area (Å²) in [4.78, 5) is 13.7. The molecule has 2 aromatic rings. The van der Waals surface area contributed by atoms with Crippen molar-refractivity contribution in [1.29, 1.82) is 0 Å². The molecular formula is C9H7BrFN3OS. The number of hydrogen-bond donors (Lipinski definition) is 2. The fraction of sp³-hybridized carbons (Fsp3) is 0.111. The quantitative estimate of drug-likeness (QED) is 0.834. The molecule has 0 aliphatic carbocycles. The number of carbonyl (C=O) groups is 1. The van der Waals surface area contributed by atoms with Gasteiger partial charge in [0.05, 0.1) is 15.5 Å². The fourth-order valence-corrected chi connectivity index (χ4v) is 2.08. The summed E-state index contributed by atoms with van der Waals surface area (Å²) in [6, 6.07) is 2.87. The normalized spacial score (nSPS) is 10.9. The average molecular weight is 304 g/mol. The van der Waals surface area contributed by atoms with Gasteiger partial charge in [0.15, 0.2) is 4.77 Å². The van der Waals surface area contributed by atoms with Crippen LogP contribution in [0.15, 0.2) is 16.6 Å². The van der Waals surface area contributed by atoms with Crippen LogP contribution >= 0.6 is 28.1 Å². The van der Waals surface area contributed by atoms with E-state index in [1.807, 2.05) is 0 Å². The zero-order valence-electron chi connectivity index (χ0n) is 7.96. The molecule has 0 aliphatic heterocycles. The van der Waals surface area contributed by atoms with Crippen LogP contribution in [0, 0.1) is 10.6 Å². The van der Waals surface area contributed by atoms with Crippen LogP contribution in [0.4, 0.5) is 4.39 Å². The van der Waals surface area contributed by atoms with Crippen molar-refractivity contribution < 1.29 is 9.18 Å². The third-order valence-electron chi connectivity index (χ3n) is 2.13. The lowest BCUT2D eigenvalue weighted by atomic mass is 10.3. The number of hydrogen-bond acceptors (Lipinski definition) is 2. The Morgan fingerprint density at radius 3 is 2.94 bits per heavy atom. The molecule has 2 rings (SSSR count). The second-order valence-electron chi connectivity index (χ2n) is 3.27. The fourth-order valence-electron chi connectivity index (χ4n) is 1.46. The summed E-state index contributed by atoms with van der Waals surface area (Å²) < 4.78 is 15.5. The van der Waals surface area contributed by atoms with Gasteiger partial charge in [-0.1, -0.05) is 0 Å². The van der Waals surface area contributed by atoms with Crippen LogP contribution in [0.5, 0.6) is 0 Å². The maximum absolute atomic E-state index is 13.4.